The van der Waals surface area contributed by atoms with Gasteiger partial charge in [0.05, 0.1) is 9.21 Å². The number of rotatable bonds is 5. The summed E-state index contributed by atoms with van der Waals surface area (Å²) in [6.45, 7) is 4.26. The van der Waals surface area contributed by atoms with Crippen molar-refractivity contribution in [1.82, 2.24) is 10.2 Å². The first-order valence-corrected chi connectivity index (χ1v) is 7.21. The summed E-state index contributed by atoms with van der Waals surface area (Å²) in [5, 5.41) is 2.92. The molecule has 0 radical (unpaired) electrons. The van der Waals surface area contributed by atoms with E-state index in [1.165, 1.54) is 37.3 Å². The highest BCUT2D eigenvalue weighted by atomic mass is 35.5. The van der Waals surface area contributed by atoms with Gasteiger partial charge in [0.25, 0.3) is 5.91 Å². The molecule has 3 nitrogen and oxygen atoms in total. The van der Waals surface area contributed by atoms with Gasteiger partial charge >= 0.3 is 0 Å². The number of carbonyl (C=O) groups excluding carboxylic acids is 1. The predicted octanol–water partition coefficient (Wildman–Crippen LogP) is 2.62. The Morgan fingerprint density at radius 3 is 2.82 bits per heavy atom. The number of hydrogen-bond acceptors (Lipinski definition) is 3. The zero-order valence-electron chi connectivity index (χ0n) is 9.75. The number of carbonyl (C=O) groups is 1. The van der Waals surface area contributed by atoms with E-state index >= 15 is 0 Å². The molecule has 0 aromatic carbocycles. The van der Waals surface area contributed by atoms with E-state index in [-0.39, 0.29) is 5.91 Å². The fourth-order valence-corrected chi connectivity index (χ4v) is 2.99. The highest BCUT2D eigenvalue weighted by Gasteiger charge is 2.11. The zero-order valence-corrected chi connectivity index (χ0v) is 11.3. The Labute approximate surface area is 111 Å². The maximum Gasteiger partial charge on any atom is 0.261 e. The number of likely N-dealkylation sites (tertiary alicyclic amines) is 1. The number of hydrogen-bond donors (Lipinski definition) is 1. The quantitative estimate of drug-likeness (QED) is 0.836. The topological polar surface area (TPSA) is 32.3 Å². The number of nitrogens with one attached hydrogen (secondary N) is 1. The van der Waals surface area contributed by atoms with Crippen LogP contribution in [0.15, 0.2) is 12.1 Å². The van der Waals surface area contributed by atoms with E-state index in [9.17, 15) is 4.79 Å². The molecule has 0 bridgehead atoms. The maximum atomic E-state index is 11.7. The number of halogens is 1. The lowest BCUT2D eigenvalue weighted by Crippen LogP contribution is -2.28. The lowest BCUT2D eigenvalue weighted by Gasteiger charge is -2.13. The Morgan fingerprint density at radius 1 is 1.41 bits per heavy atom. The van der Waals surface area contributed by atoms with E-state index in [0.29, 0.717) is 9.21 Å². The SMILES string of the molecule is O=C(NCCCN1CCCC1)c1ccc(Cl)s1. The van der Waals surface area contributed by atoms with Crippen molar-refractivity contribution in [1.29, 1.82) is 0 Å². The minimum atomic E-state index is -0.0108. The third kappa shape index (κ3) is 3.98. The molecule has 1 aliphatic rings. The first-order valence-electron chi connectivity index (χ1n) is 6.01. The summed E-state index contributed by atoms with van der Waals surface area (Å²) < 4.78 is 0.659. The van der Waals surface area contributed by atoms with Crippen LogP contribution in [0.5, 0.6) is 0 Å². The van der Waals surface area contributed by atoms with Crippen molar-refractivity contribution in [2.75, 3.05) is 26.2 Å². The molecule has 0 saturated carbocycles. The average molecular weight is 273 g/mol. The summed E-state index contributed by atoms with van der Waals surface area (Å²) in [7, 11) is 0. The van der Waals surface area contributed by atoms with Crippen LogP contribution in [0.4, 0.5) is 0 Å². The largest absolute Gasteiger partial charge is 0.351 e. The summed E-state index contributed by atoms with van der Waals surface area (Å²) in [5.41, 5.74) is 0. The van der Waals surface area contributed by atoms with Gasteiger partial charge in [-0.25, -0.2) is 0 Å². The van der Waals surface area contributed by atoms with Crippen LogP contribution in [0.25, 0.3) is 0 Å². The second-order valence-corrected chi connectivity index (χ2v) is 5.98. The molecular formula is C12H17ClN2OS. The summed E-state index contributed by atoms with van der Waals surface area (Å²) in [5.74, 6) is -0.0108. The molecule has 1 aromatic heterocycles. The van der Waals surface area contributed by atoms with Gasteiger partial charge in [-0.3, -0.25) is 4.79 Å². The molecule has 0 unspecified atom stereocenters. The lowest BCUT2D eigenvalue weighted by atomic mass is 10.3. The first kappa shape index (κ1) is 12.9. The molecule has 1 aliphatic heterocycles. The third-order valence-electron chi connectivity index (χ3n) is 2.93. The van der Waals surface area contributed by atoms with Crippen molar-refractivity contribution < 1.29 is 4.79 Å². The van der Waals surface area contributed by atoms with Crippen molar-refractivity contribution in [3.63, 3.8) is 0 Å². The summed E-state index contributed by atoms with van der Waals surface area (Å²) >= 11 is 7.11. The molecule has 0 atom stereocenters. The second-order valence-electron chi connectivity index (χ2n) is 4.26. The molecule has 1 amide bonds. The minimum absolute atomic E-state index is 0.0108. The van der Waals surface area contributed by atoms with Crippen molar-refractivity contribution in [2.24, 2.45) is 0 Å². The maximum absolute atomic E-state index is 11.7. The predicted molar refractivity (Wildman–Crippen MR) is 72.0 cm³/mol. The van der Waals surface area contributed by atoms with E-state index in [2.05, 4.69) is 10.2 Å². The standard InChI is InChI=1S/C12H17ClN2OS/c13-11-5-4-10(17-11)12(16)14-6-3-9-15-7-1-2-8-15/h4-5H,1-3,6-9H2,(H,14,16). The molecule has 94 valence electrons. The molecule has 1 N–H and O–H groups in total. The first-order chi connectivity index (χ1) is 8.25. The Morgan fingerprint density at radius 2 is 2.18 bits per heavy atom. The monoisotopic (exact) mass is 272 g/mol. The Hall–Kier alpha value is -0.580. The number of amides is 1. The van der Waals surface area contributed by atoms with Crippen LogP contribution in [0.3, 0.4) is 0 Å². The molecule has 2 rings (SSSR count). The van der Waals surface area contributed by atoms with E-state index in [4.69, 9.17) is 11.6 Å². The lowest BCUT2D eigenvalue weighted by molar-refractivity contribution is 0.0956. The third-order valence-corrected chi connectivity index (χ3v) is 4.16. The van der Waals surface area contributed by atoms with Crippen molar-refractivity contribution in [3.8, 4) is 0 Å². The smallest absolute Gasteiger partial charge is 0.261 e. The fourth-order valence-electron chi connectivity index (χ4n) is 2.03. The van der Waals surface area contributed by atoms with Gasteiger partial charge in [-0.1, -0.05) is 11.6 Å². The van der Waals surface area contributed by atoms with Crippen LogP contribution >= 0.6 is 22.9 Å². The normalized spacial score (nSPS) is 16.3. The Balaban J connectivity index is 1.63. The highest BCUT2D eigenvalue weighted by Crippen LogP contribution is 2.21. The van der Waals surface area contributed by atoms with Crippen LogP contribution in [-0.2, 0) is 0 Å². The molecule has 0 aliphatic carbocycles. The van der Waals surface area contributed by atoms with Gasteiger partial charge in [0.2, 0.25) is 0 Å². The van der Waals surface area contributed by atoms with Crippen LogP contribution in [0, 0.1) is 0 Å². The molecular weight excluding hydrogens is 256 g/mol. The van der Waals surface area contributed by atoms with Gasteiger partial charge in [0, 0.05) is 6.54 Å². The molecule has 1 saturated heterocycles. The molecule has 0 spiro atoms. The van der Waals surface area contributed by atoms with Gasteiger partial charge < -0.3 is 10.2 Å². The van der Waals surface area contributed by atoms with Crippen molar-refractivity contribution in [3.05, 3.63) is 21.3 Å². The summed E-state index contributed by atoms with van der Waals surface area (Å²) in [6, 6.07) is 3.52. The van der Waals surface area contributed by atoms with Gasteiger partial charge in [0.15, 0.2) is 0 Å². The van der Waals surface area contributed by atoms with Crippen LogP contribution in [0.2, 0.25) is 4.34 Å². The molecule has 1 fully saturated rings. The fraction of sp³-hybridized carbons (Fsp3) is 0.583. The average Bonchev–Trinajstić information content (AvgIpc) is 2.95. The number of nitrogens with zero attached hydrogens (tertiary/aromatic N) is 1. The van der Waals surface area contributed by atoms with E-state index in [1.807, 2.05) is 0 Å². The van der Waals surface area contributed by atoms with Gasteiger partial charge in [0.1, 0.15) is 0 Å². The summed E-state index contributed by atoms with van der Waals surface area (Å²) in [4.78, 5) is 14.8. The Kier molecular flexibility index (Phi) is 4.83. The van der Waals surface area contributed by atoms with Gasteiger partial charge in [-0.2, -0.15) is 0 Å². The van der Waals surface area contributed by atoms with Gasteiger partial charge in [-0.05, 0) is 51.0 Å². The van der Waals surface area contributed by atoms with Crippen LogP contribution in [0.1, 0.15) is 28.9 Å². The minimum Gasteiger partial charge on any atom is -0.351 e. The highest BCUT2D eigenvalue weighted by molar-refractivity contribution is 7.17. The van der Waals surface area contributed by atoms with E-state index in [1.54, 1.807) is 12.1 Å². The van der Waals surface area contributed by atoms with Crippen LogP contribution < -0.4 is 5.32 Å². The van der Waals surface area contributed by atoms with E-state index in [0.717, 1.165) is 19.5 Å². The molecule has 2 heterocycles. The van der Waals surface area contributed by atoms with Crippen molar-refractivity contribution in [2.45, 2.75) is 19.3 Å². The van der Waals surface area contributed by atoms with Crippen LogP contribution in [-0.4, -0.2) is 37.0 Å². The Bertz CT molecular complexity index is 374. The second kappa shape index (κ2) is 6.38. The van der Waals surface area contributed by atoms with Crippen molar-refractivity contribution >= 4 is 28.8 Å². The van der Waals surface area contributed by atoms with Gasteiger partial charge in [-0.15, -0.1) is 11.3 Å². The summed E-state index contributed by atoms with van der Waals surface area (Å²) in [6.07, 6.45) is 3.66. The molecule has 17 heavy (non-hydrogen) atoms. The molecule has 5 heteroatoms. The zero-order chi connectivity index (χ0) is 12.1. The number of thiophene rings is 1. The van der Waals surface area contributed by atoms with E-state index < -0.39 is 0 Å². The molecule has 1 aromatic rings.